The van der Waals surface area contributed by atoms with Gasteiger partial charge in [-0.3, -0.25) is 0 Å². The van der Waals surface area contributed by atoms with Gasteiger partial charge in [0.15, 0.2) is 0 Å². The van der Waals surface area contributed by atoms with Crippen LogP contribution in [0.25, 0.3) is 0 Å². The summed E-state index contributed by atoms with van der Waals surface area (Å²) in [6.07, 6.45) is 0. The Bertz CT molecular complexity index is 591. The highest BCUT2D eigenvalue weighted by Crippen LogP contribution is 2.31. The molecule has 1 aliphatic heterocycles. The first-order valence-electron chi connectivity index (χ1n) is 6.70. The summed E-state index contributed by atoms with van der Waals surface area (Å²) < 4.78 is 32.5. The van der Waals surface area contributed by atoms with E-state index >= 15 is 0 Å². The highest BCUT2D eigenvalue weighted by molar-refractivity contribution is 7.89. The van der Waals surface area contributed by atoms with Gasteiger partial charge in [0.25, 0.3) is 0 Å². The first-order chi connectivity index (χ1) is 9.36. The zero-order valence-corrected chi connectivity index (χ0v) is 13.3. The average Bonchev–Trinajstić information content (AvgIpc) is 2.37. The molecule has 0 unspecified atom stereocenters. The van der Waals surface area contributed by atoms with Gasteiger partial charge in [-0.25, -0.2) is 8.42 Å². The molecule has 0 saturated carbocycles. The molecule has 0 N–H and O–H groups in total. The van der Waals surface area contributed by atoms with Crippen LogP contribution in [0.2, 0.25) is 0 Å². The molecule has 0 spiro atoms. The minimum absolute atomic E-state index is 0.301. The van der Waals surface area contributed by atoms with Crippen molar-refractivity contribution in [3.05, 3.63) is 23.3 Å². The molecule has 0 aliphatic carbocycles. The summed E-state index contributed by atoms with van der Waals surface area (Å²) in [5.41, 5.74) is 1.73. The number of methoxy groups -OCH3 is 1. The van der Waals surface area contributed by atoms with Crippen LogP contribution in [0.15, 0.2) is 17.0 Å². The van der Waals surface area contributed by atoms with Crippen LogP contribution in [0.4, 0.5) is 0 Å². The molecule has 112 valence electrons. The molecule has 0 amide bonds. The fourth-order valence-corrected chi connectivity index (χ4v) is 4.32. The van der Waals surface area contributed by atoms with E-state index in [-0.39, 0.29) is 0 Å². The molecule has 1 aromatic rings. The Labute approximate surface area is 121 Å². The van der Waals surface area contributed by atoms with E-state index in [2.05, 4.69) is 4.90 Å². The Kier molecular flexibility index (Phi) is 4.36. The minimum atomic E-state index is -3.49. The van der Waals surface area contributed by atoms with Gasteiger partial charge in [0, 0.05) is 26.2 Å². The van der Waals surface area contributed by atoms with Crippen molar-refractivity contribution >= 4 is 10.0 Å². The van der Waals surface area contributed by atoms with Gasteiger partial charge in [0.2, 0.25) is 10.0 Å². The van der Waals surface area contributed by atoms with E-state index in [9.17, 15) is 8.42 Å². The van der Waals surface area contributed by atoms with Crippen LogP contribution >= 0.6 is 0 Å². The number of likely N-dealkylation sites (N-methyl/N-ethyl adjacent to an activating group) is 1. The van der Waals surface area contributed by atoms with Crippen LogP contribution in [0.3, 0.4) is 0 Å². The van der Waals surface area contributed by atoms with Crippen LogP contribution in [-0.2, 0) is 10.0 Å². The first kappa shape index (κ1) is 15.3. The topological polar surface area (TPSA) is 49.9 Å². The molecule has 6 heteroatoms. The third-order valence-corrected chi connectivity index (χ3v) is 5.75. The summed E-state index contributed by atoms with van der Waals surface area (Å²) in [7, 11) is 0.0188. The maximum Gasteiger partial charge on any atom is 0.247 e. The SMILES string of the molecule is COc1cc(C)cc(C)c1S(=O)(=O)N1CCN(C)CC1. The summed E-state index contributed by atoms with van der Waals surface area (Å²) >= 11 is 0. The van der Waals surface area contributed by atoms with Crippen molar-refractivity contribution in [3.63, 3.8) is 0 Å². The molecule has 1 saturated heterocycles. The van der Waals surface area contributed by atoms with Crippen LogP contribution in [0.5, 0.6) is 5.75 Å². The van der Waals surface area contributed by atoms with Gasteiger partial charge in [-0.05, 0) is 38.1 Å². The number of ether oxygens (including phenoxy) is 1. The number of aryl methyl sites for hydroxylation is 2. The van der Waals surface area contributed by atoms with E-state index in [0.717, 1.165) is 24.2 Å². The second-order valence-electron chi connectivity index (χ2n) is 5.32. The lowest BCUT2D eigenvalue weighted by molar-refractivity contribution is 0.222. The van der Waals surface area contributed by atoms with E-state index in [4.69, 9.17) is 4.74 Å². The predicted octanol–water partition coefficient (Wildman–Crippen LogP) is 1.25. The van der Waals surface area contributed by atoms with E-state index in [1.807, 2.05) is 27.0 Å². The molecule has 0 radical (unpaired) electrons. The normalized spacial score (nSPS) is 18.2. The highest BCUT2D eigenvalue weighted by Gasteiger charge is 2.31. The monoisotopic (exact) mass is 298 g/mol. The van der Waals surface area contributed by atoms with Crippen LogP contribution in [-0.4, -0.2) is 58.0 Å². The van der Waals surface area contributed by atoms with Crippen LogP contribution in [0.1, 0.15) is 11.1 Å². The third kappa shape index (κ3) is 2.82. The Morgan fingerprint density at radius 1 is 1.10 bits per heavy atom. The smallest absolute Gasteiger partial charge is 0.247 e. The van der Waals surface area contributed by atoms with E-state index in [0.29, 0.717) is 23.7 Å². The predicted molar refractivity (Wildman–Crippen MR) is 78.7 cm³/mol. The molecule has 2 rings (SSSR count). The van der Waals surface area contributed by atoms with Gasteiger partial charge in [-0.15, -0.1) is 0 Å². The van der Waals surface area contributed by atoms with E-state index < -0.39 is 10.0 Å². The Morgan fingerprint density at radius 2 is 1.70 bits per heavy atom. The zero-order chi connectivity index (χ0) is 14.9. The van der Waals surface area contributed by atoms with Crippen molar-refractivity contribution in [2.75, 3.05) is 40.3 Å². The lowest BCUT2D eigenvalue weighted by Gasteiger charge is -2.32. The van der Waals surface area contributed by atoms with Gasteiger partial charge in [0.1, 0.15) is 10.6 Å². The molecule has 20 heavy (non-hydrogen) atoms. The van der Waals surface area contributed by atoms with Gasteiger partial charge in [-0.1, -0.05) is 6.07 Å². The summed E-state index contributed by atoms with van der Waals surface area (Å²) in [4.78, 5) is 2.43. The quantitative estimate of drug-likeness (QED) is 0.843. The number of benzene rings is 1. The molecule has 0 aromatic heterocycles. The van der Waals surface area contributed by atoms with Gasteiger partial charge in [-0.2, -0.15) is 4.31 Å². The molecule has 1 aromatic carbocycles. The molecule has 5 nitrogen and oxygen atoms in total. The number of rotatable bonds is 3. The maximum atomic E-state index is 12.8. The van der Waals surface area contributed by atoms with E-state index in [1.54, 1.807) is 10.4 Å². The average molecular weight is 298 g/mol. The van der Waals surface area contributed by atoms with Crippen molar-refractivity contribution < 1.29 is 13.2 Å². The third-order valence-electron chi connectivity index (χ3n) is 3.66. The molecule has 0 bridgehead atoms. The molecular weight excluding hydrogens is 276 g/mol. The lowest BCUT2D eigenvalue weighted by atomic mass is 10.1. The van der Waals surface area contributed by atoms with Gasteiger partial charge >= 0.3 is 0 Å². The molecular formula is C14H22N2O3S. The number of nitrogens with zero attached hydrogens (tertiary/aromatic N) is 2. The first-order valence-corrected chi connectivity index (χ1v) is 8.14. The van der Waals surface area contributed by atoms with E-state index in [1.165, 1.54) is 7.11 Å². The van der Waals surface area contributed by atoms with Crippen LogP contribution in [0, 0.1) is 13.8 Å². The molecule has 1 heterocycles. The van der Waals surface area contributed by atoms with Crippen molar-refractivity contribution in [2.45, 2.75) is 18.7 Å². The molecule has 1 fully saturated rings. The largest absolute Gasteiger partial charge is 0.495 e. The van der Waals surface area contributed by atoms with Gasteiger partial charge in [0.05, 0.1) is 7.11 Å². The van der Waals surface area contributed by atoms with Crippen molar-refractivity contribution in [2.24, 2.45) is 0 Å². The second-order valence-corrected chi connectivity index (χ2v) is 7.20. The van der Waals surface area contributed by atoms with Crippen molar-refractivity contribution in [1.82, 2.24) is 9.21 Å². The Morgan fingerprint density at radius 3 is 2.25 bits per heavy atom. The summed E-state index contributed by atoms with van der Waals surface area (Å²) in [5.74, 6) is 0.432. The number of hydrogen-bond acceptors (Lipinski definition) is 4. The van der Waals surface area contributed by atoms with Crippen molar-refractivity contribution in [3.8, 4) is 5.75 Å². The summed E-state index contributed by atoms with van der Waals surface area (Å²) in [6.45, 7) is 6.31. The summed E-state index contributed by atoms with van der Waals surface area (Å²) in [6, 6.07) is 3.65. The maximum absolute atomic E-state index is 12.8. The Hall–Kier alpha value is -1.11. The van der Waals surface area contributed by atoms with Crippen molar-refractivity contribution in [1.29, 1.82) is 0 Å². The summed E-state index contributed by atoms with van der Waals surface area (Å²) in [5, 5.41) is 0. The fraction of sp³-hybridized carbons (Fsp3) is 0.571. The van der Waals surface area contributed by atoms with Crippen LogP contribution < -0.4 is 4.74 Å². The Balaban J connectivity index is 2.44. The number of piperazine rings is 1. The number of hydrogen-bond donors (Lipinski definition) is 0. The number of sulfonamides is 1. The fourth-order valence-electron chi connectivity index (χ4n) is 2.56. The zero-order valence-electron chi connectivity index (χ0n) is 12.5. The molecule has 1 aliphatic rings. The molecule has 0 atom stereocenters. The second kappa shape index (κ2) is 5.71. The lowest BCUT2D eigenvalue weighted by Crippen LogP contribution is -2.47. The minimum Gasteiger partial charge on any atom is -0.495 e. The highest BCUT2D eigenvalue weighted by atomic mass is 32.2. The van der Waals surface area contributed by atoms with Gasteiger partial charge < -0.3 is 9.64 Å². The standard InChI is InChI=1S/C14H22N2O3S/c1-11-9-12(2)14(13(10-11)19-4)20(17,18)16-7-5-15(3)6-8-16/h9-10H,5-8H2,1-4H3.